The van der Waals surface area contributed by atoms with E-state index in [1.807, 2.05) is 30.3 Å². The predicted molar refractivity (Wildman–Crippen MR) is 77.1 cm³/mol. The number of hydrogen-bond donors (Lipinski definition) is 2. The maximum absolute atomic E-state index is 10.3. The third kappa shape index (κ3) is 2.66. The summed E-state index contributed by atoms with van der Waals surface area (Å²) < 4.78 is 0. The van der Waals surface area contributed by atoms with Gasteiger partial charge in [0.2, 0.25) is 0 Å². The van der Waals surface area contributed by atoms with Crippen molar-refractivity contribution in [1.82, 2.24) is 5.32 Å². The van der Waals surface area contributed by atoms with Crippen LogP contribution in [-0.4, -0.2) is 5.11 Å². The fourth-order valence-corrected chi connectivity index (χ4v) is 2.76. The van der Waals surface area contributed by atoms with Crippen molar-refractivity contribution in [2.45, 2.75) is 25.1 Å². The first-order valence-electron chi connectivity index (χ1n) is 6.49. The molecule has 2 atom stereocenters. The molecule has 1 aliphatic rings. The van der Waals surface area contributed by atoms with Crippen molar-refractivity contribution < 1.29 is 5.11 Å². The van der Waals surface area contributed by atoms with Gasteiger partial charge in [-0.2, -0.15) is 0 Å². The number of fused-ring (bicyclic) bond motifs is 1. The lowest BCUT2D eigenvalue weighted by Gasteiger charge is -2.17. The number of aliphatic hydroxyl groups excluding tert-OH is 1. The first kappa shape index (κ1) is 12.7. The van der Waals surface area contributed by atoms with Crippen LogP contribution in [0, 0.1) is 0 Å². The van der Waals surface area contributed by atoms with E-state index in [0.29, 0.717) is 11.4 Å². The molecule has 2 aromatic rings. The van der Waals surface area contributed by atoms with Crippen LogP contribution in [-0.2, 0) is 6.54 Å². The summed E-state index contributed by atoms with van der Waals surface area (Å²) in [5, 5.41) is 14.5. The molecule has 3 rings (SSSR count). The third-order valence-corrected chi connectivity index (χ3v) is 3.94. The predicted octanol–water partition coefficient (Wildman–Crippen LogP) is 3.61. The molecule has 0 fully saturated rings. The van der Waals surface area contributed by atoms with Crippen LogP contribution in [0.15, 0.2) is 48.5 Å². The van der Waals surface area contributed by atoms with E-state index < -0.39 is 6.10 Å². The first-order chi connectivity index (χ1) is 9.24. The molecular formula is C16H16ClNO. The van der Waals surface area contributed by atoms with E-state index in [2.05, 4.69) is 23.5 Å². The number of rotatable bonds is 3. The van der Waals surface area contributed by atoms with Crippen LogP contribution in [0.5, 0.6) is 0 Å². The number of halogens is 1. The summed E-state index contributed by atoms with van der Waals surface area (Å²) in [4.78, 5) is 0. The quantitative estimate of drug-likeness (QED) is 0.895. The lowest BCUT2D eigenvalue weighted by molar-refractivity contribution is 0.153. The van der Waals surface area contributed by atoms with E-state index in [9.17, 15) is 5.11 Å². The summed E-state index contributed by atoms with van der Waals surface area (Å²) in [7, 11) is 0. The summed E-state index contributed by atoms with van der Waals surface area (Å²) in [5.41, 5.74) is 3.54. The first-order valence-corrected chi connectivity index (χ1v) is 6.86. The average Bonchev–Trinajstić information content (AvgIpc) is 2.83. The van der Waals surface area contributed by atoms with E-state index in [1.165, 1.54) is 11.1 Å². The van der Waals surface area contributed by atoms with E-state index in [-0.39, 0.29) is 6.04 Å². The van der Waals surface area contributed by atoms with Crippen molar-refractivity contribution in [3.63, 3.8) is 0 Å². The van der Waals surface area contributed by atoms with Gasteiger partial charge in [-0.15, -0.1) is 0 Å². The zero-order chi connectivity index (χ0) is 13.2. The highest BCUT2D eigenvalue weighted by Gasteiger charge is 2.24. The molecule has 2 N–H and O–H groups in total. The van der Waals surface area contributed by atoms with Crippen molar-refractivity contribution in [2.75, 3.05) is 0 Å². The molecule has 2 nitrogen and oxygen atoms in total. The number of nitrogens with one attached hydrogen (secondary N) is 1. The summed E-state index contributed by atoms with van der Waals surface area (Å²) in [6.45, 7) is 0.883. The van der Waals surface area contributed by atoms with Gasteiger partial charge < -0.3 is 10.4 Å². The molecule has 0 unspecified atom stereocenters. The van der Waals surface area contributed by atoms with Crippen molar-refractivity contribution >= 4 is 11.6 Å². The van der Waals surface area contributed by atoms with Crippen LogP contribution in [0.4, 0.5) is 0 Å². The van der Waals surface area contributed by atoms with Crippen LogP contribution >= 0.6 is 11.6 Å². The van der Waals surface area contributed by atoms with E-state index >= 15 is 0 Å². The normalized spacial score (nSPS) is 19.2. The Labute approximate surface area is 118 Å². The number of aliphatic hydroxyl groups is 1. The highest BCUT2D eigenvalue weighted by Crippen LogP contribution is 2.32. The topological polar surface area (TPSA) is 32.3 Å². The Bertz CT molecular complexity index is 567. The van der Waals surface area contributed by atoms with Crippen molar-refractivity contribution in [3.05, 3.63) is 70.2 Å². The fourth-order valence-electron chi connectivity index (χ4n) is 2.63. The zero-order valence-corrected chi connectivity index (χ0v) is 11.3. The molecule has 19 heavy (non-hydrogen) atoms. The van der Waals surface area contributed by atoms with Crippen LogP contribution in [0.2, 0.25) is 5.02 Å². The molecule has 0 radical (unpaired) electrons. The smallest absolute Gasteiger partial charge is 0.0808 e. The Balaban J connectivity index is 1.74. The minimum Gasteiger partial charge on any atom is -0.388 e. The molecule has 98 valence electrons. The van der Waals surface area contributed by atoms with Crippen molar-refractivity contribution in [3.8, 4) is 0 Å². The SMILES string of the molecule is O[C@@H](C[C@@H]1NCc2ccccc21)c1ccc(Cl)cc1. The standard InChI is InChI=1S/C16H16ClNO/c17-13-7-5-11(6-8-13)16(19)9-15-14-4-2-1-3-12(14)10-18-15/h1-8,15-16,18-19H,9-10H2/t15-,16-/m0/s1. The molecule has 0 aliphatic carbocycles. The van der Waals surface area contributed by atoms with Crippen molar-refractivity contribution in [2.24, 2.45) is 0 Å². The van der Waals surface area contributed by atoms with Gasteiger partial charge in [0.05, 0.1) is 6.10 Å². The molecule has 0 spiro atoms. The Morgan fingerprint density at radius 1 is 1.16 bits per heavy atom. The molecule has 0 saturated carbocycles. The van der Waals surface area contributed by atoms with E-state index in [1.54, 1.807) is 0 Å². The van der Waals surface area contributed by atoms with Gasteiger partial charge >= 0.3 is 0 Å². The zero-order valence-electron chi connectivity index (χ0n) is 10.5. The molecule has 0 bridgehead atoms. The van der Waals surface area contributed by atoms with E-state index in [4.69, 9.17) is 11.6 Å². The van der Waals surface area contributed by atoms with Gasteiger partial charge in [0.25, 0.3) is 0 Å². The number of hydrogen-bond acceptors (Lipinski definition) is 2. The Morgan fingerprint density at radius 2 is 1.89 bits per heavy atom. The van der Waals surface area contributed by atoms with Crippen LogP contribution < -0.4 is 5.32 Å². The van der Waals surface area contributed by atoms with E-state index in [0.717, 1.165) is 12.1 Å². The monoisotopic (exact) mass is 273 g/mol. The maximum Gasteiger partial charge on any atom is 0.0808 e. The molecular weight excluding hydrogens is 258 g/mol. The van der Waals surface area contributed by atoms with Gasteiger partial charge in [0.1, 0.15) is 0 Å². The van der Waals surface area contributed by atoms with Crippen LogP contribution in [0.1, 0.15) is 35.3 Å². The summed E-state index contributed by atoms with van der Waals surface area (Å²) in [6.07, 6.45) is 0.208. The number of benzene rings is 2. The van der Waals surface area contributed by atoms with Crippen molar-refractivity contribution in [1.29, 1.82) is 0 Å². The Hall–Kier alpha value is -1.35. The summed E-state index contributed by atoms with van der Waals surface area (Å²) in [6, 6.07) is 16.0. The fraction of sp³-hybridized carbons (Fsp3) is 0.250. The van der Waals surface area contributed by atoms with Gasteiger partial charge in [0.15, 0.2) is 0 Å². The highest BCUT2D eigenvalue weighted by atomic mass is 35.5. The van der Waals surface area contributed by atoms with Gasteiger partial charge in [-0.25, -0.2) is 0 Å². The minimum atomic E-state index is -0.471. The second-order valence-electron chi connectivity index (χ2n) is 4.94. The second-order valence-corrected chi connectivity index (χ2v) is 5.37. The third-order valence-electron chi connectivity index (χ3n) is 3.68. The molecule has 0 saturated heterocycles. The molecule has 2 aromatic carbocycles. The second kappa shape index (κ2) is 5.33. The van der Waals surface area contributed by atoms with Gasteiger partial charge in [-0.1, -0.05) is 48.0 Å². The van der Waals surface area contributed by atoms with Gasteiger partial charge in [-0.05, 0) is 35.2 Å². The lowest BCUT2D eigenvalue weighted by atomic mass is 9.97. The molecule has 1 aliphatic heterocycles. The van der Waals surface area contributed by atoms with Gasteiger partial charge in [-0.3, -0.25) is 0 Å². The largest absolute Gasteiger partial charge is 0.388 e. The Morgan fingerprint density at radius 3 is 2.68 bits per heavy atom. The molecule has 1 heterocycles. The lowest BCUT2D eigenvalue weighted by Crippen LogP contribution is -2.15. The van der Waals surface area contributed by atoms with Gasteiger partial charge in [0, 0.05) is 17.6 Å². The molecule has 0 amide bonds. The van der Waals surface area contributed by atoms with Crippen LogP contribution in [0.3, 0.4) is 0 Å². The highest BCUT2D eigenvalue weighted by molar-refractivity contribution is 6.30. The Kier molecular flexibility index (Phi) is 3.56. The maximum atomic E-state index is 10.3. The molecule has 0 aromatic heterocycles. The minimum absolute atomic E-state index is 0.224. The summed E-state index contributed by atoms with van der Waals surface area (Å²) in [5.74, 6) is 0. The molecule has 3 heteroatoms. The summed E-state index contributed by atoms with van der Waals surface area (Å²) >= 11 is 5.86. The van der Waals surface area contributed by atoms with Crippen LogP contribution in [0.25, 0.3) is 0 Å². The average molecular weight is 274 g/mol.